The van der Waals surface area contributed by atoms with Gasteiger partial charge in [-0.2, -0.15) is 0 Å². The van der Waals surface area contributed by atoms with E-state index >= 15 is 0 Å². The number of aliphatic hydroxyl groups is 1. The first kappa shape index (κ1) is 10.6. The lowest BCUT2D eigenvalue weighted by Crippen LogP contribution is -2.01. The molecule has 1 aromatic rings. The highest BCUT2D eigenvalue weighted by Gasteiger charge is 2.09. The van der Waals surface area contributed by atoms with Gasteiger partial charge in [0.2, 0.25) is 0 Å². The Kier molecular flexibility index (Phi) is 3.49. The fourth-order valence-electron chi connectivity index (χ4n) is 1.10. The highest BCUT2D eigenvalue weighted by atomic mass is 19.1. The summed E-state index contributed by atoms with van der Waals surface area (Å²) in [4.78, 5) is 0. The molecule has 1 aromatic carbocycles. The Morgan fingerprint density at radius 1 is 1.64 bits per heavy atom. The maximum absolute atomic E-state index is 12.8. The number of hydrogen-bond acceptors (Lipinski definition) is 2. The summed E-state index contributed by atoms with van der Waals surface area (Å²) in [5.41, 5.74) is 0.529. The van der Waals surface area contributed by atoms with E-state index in [1.807, 2.05) is 0 Å². The lowest BCUT2D eigenvalue weighted by atomic mass is 10.1. The van der Waals surface area contributed by atoms with Crippen molar-refractivity contribution in [3.63, 3.8) is 0 Å². The molecule has 0 fully saturated rings. The standard InChI is InChI=1S/C11H11FO2/c1-3-6-14-11-7-9(12)4-5-10(11)8(2)13/h1,4-5,7-8,13H,6H2,2H3/t8-/m1/s1. The first-order chi connectivity index (χ1) is 6.65. The molecule has 74 valence electrons. The van der Waals surface area contributed by atoms with Gasteiger partial charge in [-0.25, -0.2) is 4.39 Å². The molecule has 0 aliphatic heterocycles. The minimum Gasteiger partial charge on any atom is -0.480 e. The zero-order chi connectivity index (χ0) is 10.6. The van der Waals surface area contributed by atoms with E-state index in [0.29, 0.717) is 5.56 Å². The van der Waals surface area contributed by atoms with Gasteiger partial charge >= 0.3 is 0 Å². The third-order valence-electron chi connectivity index (χ3n) is 1.74. The molecule has 2 nitrogen and oxygen atoms in total. The van der Waals surface area contributed by atoms with Crippen LogP contribution in [0.4, 0.5) is 4.39 Å². The zero-order valence-electron chi connectivity index (χ0n) is 7.83. The number of aliphatic hydroxyl groups excluding tert-OH is 1. The quantitative estimate of drug-likeness (QED) is 0.744. The maximum Gasteiger partial charge on any atom is 0.148 e. The molecule has 0 aromatic heterocycles. The maximum atomic E-state index is 12.8. The molecule has 0 saturated heterocycles. The van der Waals surface area contributed by atoms with E-state index in [1.54, 1.807) is 6.92 Å². The predicted octanol–water partition coefficient (Wildman–Crippen LogP) is 1.89. The lowest BCUT2D eigenvalue weighted by molar-refractivity contribution is 0.193. The van der Waals surface area contributed by atoms with Gasteiger partial charge in [-0.05, 0) is 19.1 Å². The van der Waals surface area contributed by atoms with Crippen LogP contribution in [0, 0.1) is 18.2 Å². The number of hydrogen-bond donors (Lipinski definition) is 1. The van der Waals surface area contributed by atoms with Gasteiger partial charge in [-0.3, -0.25) is 0 Å². The van der Waals surface area contributed by atoms with Crippen LogP contribution in [0.1, 0.15) is 18.6 Å². The third-order valence-corrected chi connectivity index (χ3v) is 1.74. The molecule has 0 saturated carbocycles. The van der Waals surface area contributed by atoms with Crippen LogP contribution in [0.25, 0.3) is 0 Å². The SMILES string of the molecule is C#CCOc1cc(F)ccc1[C@@H](C)O. The van der Waals surface area contributed by atoms with E-state index in [2.05, 4.69) is 5.92 Å². The highest BCUT2D eigenvalue weighted by molar-refractivity contribution is 5.35. The first-order valence-electron chi connectivity index (χ1n) is 4.19. The van der Waals surface area contributed by atoms with Gasteiger partial charge in [0.25, 0.3) is 0 Å². The van der Waals surface area contributed by atoms with Gasteiger partial charge in [0, 0.05) is 11.6 Å². The molecule has 1 atom stereocenters. The second kappa shape index (κ2) is 4.64. The van der Waals surface area contributed by atoms with Gasteiger partial charge in [0.15, 0.2) is 0 Å². The van der Waals surface area contributed by atoms with E-state index in [-0.39, 0.29) is 12.4 Å². The van der Waals surface area contributed by atoms with Crippen LogP contribution in [-0.2, 0) is 0 Å². The van der Waals surface area contributed by atoms with Gasteiger partial charge < -0.3 is 9.84 Å². The second-order valence-electron chi connectivity index (χ2n) is 2.85. The van der Waals surface area contributed by atoms with Crippen molar-refractivity contribution < 1.29 is 14.2 Å². The molecule has 0 spiro atoms. The number of benzene rings is 1. The lowest BCUT2D eigenvalue weighted by Gasteiger charge is -2.11. The number of ether oxygens (including phenoxy) is 1. The summed E-state index contributed by atoms with van der Waals surface area (Å²) in [6.45, 7) is 1.64. The van der Waals surface area contributed by atoms with Crippen molar-refractivity contribution in [1.82, 2.24) is 0 Å². The van der Waals surface area contributed by atoms with Crippen molar-refractivity contribution in [3.8, 4) is 18.1 Å². The Labute approximate surface area is 82.3 Å². The van der Waals surface area contributed by atoms with E-state index in [0.717, 1.165) is 0 Å². The van der Waals surface area contributed by atoms with Crippen LogP contribution >= 0.6 is 0 Å². The highest BCUT2D eigenvalue weighted by Crippen LogP contribution is 2.25. The first-order valence-corrected chi connectivity index (χ1v) is 4.19. The average molecular weight is 194 g/mol. The summed E-state index contributed by atoms with van der Waals surface area (Å²) in [5, 5.41) is 9.34. The summed E-state index contributed by atoms with van der Waals surface area (Å²) in [6, 6.07) is 3.95. The largest absolute Gasteiger partial charge is 0.480 e. The summed E-state index contributed by atoms with van der Waals surface area (Å²) in [6.07, 6.45) is 4.30. The van der Waals surface area contributed by atoms with Gasteiger partial charge in [0.05, 0.1) is 6.10 Å². The fraction of sp³-hybridized carbons (Fsp3) is 0.273. The summed E-state index contributed by atoms with van der Waals surface area (Å²) < 4.78 is 17.9. The van der Waals surface area contributed by atoms with E-state index in [1.165, 1.54) is 18.2 Å². The molecular weight excluding hydrogens is 183 g/mol. The van der Waals surface area contributed by atoms with Crippen LogP contribution in [0.15, 0.2) is 18.2 Å². The van der Waals surface area contributed by atoms with Crippen LogP contribution in [0.5, 0.6) is 5.75 Å². The van der Waals surface area contributed by atoms with Gasteiger partial charge in [0.1, 0.15) is 18.2 Å². The van der Waals surface area contributed by atoms with Gasteiger partial charge in [-0.15, -0.1) is 6.42 Å². The van der Waals surface area contributed by atoms with Crippen LogP contribution in [0.3, 0.4) is 0 Å². The summed E-state index contributed by atoms with van der Waals surface area (Å²) >= 11 is 0. The molecule has 0 radical (unpaired) electrons. The normalized spacial score (nSPS) is 11.9. The Balaban J connectivity index is 2.98. The van der Waals surface area contributed by atoms with Crippen molar-refractivity contribution in [2.45, 2.75) is 13.0 Å². The molecule has 0 heterocycles. The van der Waals surface area contributed by atoms with Crippen LogP contribution < -0.4 is 4.74 Å². The van der Waals surface area contributed by atoms with Gasteiger partial charge in [-0.1, -0.05) is 5.92 Å². The second-order valence-corrected chi connectivity index (χ2v) is 2.85. The Bertz CT molecular complexity index is 353. The minimum atomic E-state index is -0.705. The molecular formula is C11H11FO2. The number of rotatable bonds is 3. The number of halogens is 1. The third kappa shape index (κ3) is 2.48. The molecule has 1 rings (SSSR count). The molecule has 0 bridgehead atoms. The number of terminal acetylenes is 1. The summed E-state index contributed by atoms with van der Waals surface area (Å²) in [7, 11) is 0. The van der Waals surface area contributed by atoms with Crippen molar-refractivity contribution >= 4 is 0 Å². The molecule has 0 aliphatic carbocycles. The molecule has 1 N–H and O–H groups in total. The van der Waals surface area contributed by atoms with Crippen molar-refractivity contribution in [1.29, 1.82) is 0 Å². The zero-order valence-corrected chi connectivity index (χ0v) is 7.83. The average Bonchev–Trinajstić information content (AvgIpc) is 2.14. The molecule has 0 unspecified atom stereocenters. The van der Waals surface area contributed by atoms with Crippen LogP contribution in [-0.4, -0.2) is 11.7 Å². The molecule has 14 heavy (non-hydrogen) atoms. The monoisotopic (exact) mass is 194 g/mol. The van der Waals surface area contributed by atoms with E-state index < -0.39 is 11.9 Å². The van der Waals surface area contributed by atoms with Crippen molar-refractivity contribution in [2.24, 2.45) is 0 Å². The van der Waals surface area contributed by atoms with E-state index in [4.69, 9.17) is 11.2 Å². The topological polar surface area (TPSA) is 29.5 Å². The van der Waals surface area contributed by atoms with Crippen LogP contribution in [0.2, 0.25) is 0 Å². The fourth-order valence-corrected chi connectivity index (χ4v) is 1.10. The van der Waals surface area contributed by atoms with Crippen molar-refractivity contribution in [3.05, 3.63) is 29.6 Å². The predicted molar refractivity (Wildman–Crippen MR) is 51.4 cm³/mol. The Morgan fingerprint density at radius 3 is 2.93 bits per heavy atom. The Morgan fingerprint density at radius 2 is 2.36 bits per heavy atom. The van der Waals surface area contributed by atoms with Crippen molar-refractivity contribution in [2.75, 3.05) is 6.61 Å². The Hall–Kier alpha value is -1.53. The minimum absolute atomic E-state index is 0.0587. The summed E-state index contributed by atoms with van der Waals surface area (Å²) in [5.74, 6) is 2.15. The smallest absolute Gasteiger partial charge is 0.148 e. The molecule has 0 amide bonds. The molecule has 3 heteroatoms. The van der Waals surface area contributed by atoms with E-state index in [9.17, 15) is 9.50 Å². The molecule has 0 aliphatic rings.